The van der Waals surface area contributed by atoms with Gasteiger partial charge in [-0.3, -0.25) is 4.79 Å². The van der Waals surface area contributed by atoms with Crippen molar-refractivity contribution in [2.75, 3.05) is 26.3 Å². The third-order valence-electron chi connectivity index (χ3n) is 2.74. The first-order chi connectivity index (χ1) is 8.72. The fraction of sp³-hybridized carbons (Fsp3) is 0.462. The number of benzene rings is 1. The van der Waals surface area contributed by atoms with Gasteiger partial charge in [-0.05, 0) is 25.1 Å². The molecule has 4 nitrogen and oxygen atoms in total. The highest BCUT2D eigenvalue weighted by Gasteiger charge is 2.23. The van der Waals surface area contributed by atoms with E-state index in [1.54, 1.807) is 13.0 Å². The minimum absolute atomic E-state index is 0.164. The standard InChI is InChI=1S/C13H16FNO3/c1-2-17-11-4-3-9(7-10(11)14)13(16)12-8-15-5-6-18-12/h3-4,7,12,15H,2,5-6,8H2,1H3. The summed E-state index contributed by atoms with van der Waals surface area (Å²) in [5.74, 6) is -0.563. The molecule has 98 valence electrons. The van der Waals surface area contributed by atoms with Gasteiger partial charge in [0.15, 0.2) is 17.3 Å². The maximum atomic E-state index is 13.6. The number of hydrogen-bond acceptors (Lipinski definition) is 4. The number of carbonyl (C=O) groups excluding carboxylic acids is 1. The van der Waals surface area contributed by atoms with E-state index in [-0.39, 0.29) is 11.5 Å². The van der Waals surface area contributed by atoms with E-state index in [1.165, 1.54) is 12.1 Å². The van der Waals surface area contributed by atoms with E-state index in [2.05, 4.69) is 5.32 Å². The molecule has 0 amide bonds. The number of ether oxygens (including phenoxy) is 2. The van der Waals surface area contributed by atoms with Crippen molar-refractivity contribution in [2.45, 2.75) is 13.0 Å². The zero-order chi connectivity index (χ0) is 13.0. The zero-order valence-electron chi connectivity index (χ0n) is 10.2. The van der Waals surface area contributed by atoms with Gasteiger partial charge in [0.05, 0.1) is 13.2 Å². The highest BCUT2D eigenvalue weighted by atomic mass is 19.1. The summed E-state index contributed by atoms with van der Waals surface area (Å²) >= 11 is 0. The van der Waals surface area contributed by atoms with Gasteiger partial charge < -0.3 is 14.8 Å². The van der Waals surface area contributed by atoms with Crippen molar-refractivity contribution in [1.29, 1.82) is 0 Å². The molecule has 1 unspecified atom stereocenters. The predicted molar refractivity (Wildman–Crippen MR) is 64.5 cm³/mol. The third-order valence-corrected chi connectivity index (χ3v) is 2.74. The maximum Gasteiger partial charge on any atom is 0.192 e. The quantitative estimate of drug-likeness (QED) is 0.824. The Hall–Kier alpha value is -1.46. The van der Waals surface area contributed by atoms with Crippen LogP contribution in [0.25, 0.3) is 0 Å². The summed E-state index contributed by atoms with van der Waals surface area (Å²) in [5, 5.41) is 3.07. The second-order valence-electron chi connectivity index (χ2n) is 4.01. The van der Waals surface area contributed by atoms with E-state index in [0.29, 0.717) is 25.3 Å². The minimum Gasteiger partial charge on any atom is -0.491 e. The third kappa shape index (κ3) is 2.86. The summed E-state index contributed by atoms with van der Waals surface area (Å²) in [6, 6.07) is 4.24. The average Bonchev–Trinajstić information content (AvgIpc) is 2.41. The number of Topliss-reactive ketones (excluding diaryl/α,β-unsaturated/α-hetero) is 1. The van der Waals surface area contributed by atoms with Crippen LogP contribution < -0.4 is 10.1 Å². The Morgan fingerprint density at radius 2 is 2.44 bits per heavy atom. The maximum absolute atomic E-state index is 13.6. The predicted octanol–water partition coefficient (Wildman–Crippen LogP) is 1.40. The molecule has 0 spiro atoms. The van der Waals surface area contributed by atoms with E-state index < -0.39 is 11.9 Å². The first-order valence-electron chi connectivity index (χ1n) is 6.01. The average molecular weight is 253 g/mol. The van der Waals surface area contributed by atoms with Gasteiger partial charge in [0.2, 0.25) is 0 Å². The lowest BCUT2D eigenvalue weighted by atomic mass is 10.1. The molecule has 1 saturated heterocycles. The van der Waals surface area contributed by atoms with Gasteiger partial charge in [-0.15, -0.1) is 0 Å². The molecule has 1 aromatic rings. The molecule has 1 heterocycles. The lowest BCUT2D eigenvalue weighted by molar-refractivity contribution is 0.0269. The Morgan fingerprint density at radius 3 is 3.06 bits per heavy atom. The molecule has 0 bridgehead atoms. The molecule has 5 heteroatoms. The largest absolute Gasteiger partial charge is 0.491 e. The van der Waals surface area contributed by atoms with Gasteiger partial charge >= 0.3 is 0 Å². The van der Waals surface area contributed by atoms with Gasteiger partial charge in [-0.1, -0.05) is 0 Å². The van der Waals surface area contributed by atoms with E-state index in [4.69, 9.17) is 9.47 Å². The number of nitrogens with one attached hydrogen (secondary N) is 1. The molecule has 0 saturated carbocycles. The monoisotopic (exact) mass is 253 g/mol. The van der Waals surface area contributed by atoms with Gasteiger partial charge in [-0.25, -0.2) is 4.39 Å². The Bertz CT molecular complexity index is 430. The summed E-state index contributed by atoms with van der Waals surface area (Å²) in [4.78, 5) is 12.0. The van der Waals surface area contributed by atoms with Crippen molar-refractivity contribution >= 4 is 5.78 Å². The van der Waals surface area contributed by atoms with Crippen molar-refractivity contribution in [3.8, 4) is 5.75 Å². The van der Waals surface area contributed by atoms with Crippen LogP contribution in [0.5, 0.6) is 5.75 Å². The van der Waals surface area contributed by atoms with E-state index >= 15 is 0 Å². The van der Waals surface area contributed by atoms with Crippen LogP contribution in [0, 0.1) is 5.82 Å². The minimum atomic E-state index is -0.531. The number of hydrogen-bond donors (Lipinski definition) is 1. The Balaban J connectivity index is 2.12. The first kappa shape index (κ1) is 13.0. The van der Waals surface area contributed by atoms with E-state index in [9.17, 15) is 9.18 Å². The molecule has 1 aliphatic rings. The van der Waals surface area contributed by atoms with Crippen molar-refractivity contribution < 1.29 is 18.7 Å². The molecule has 18 heavy (non-hydrogen) atoms. The summed E-state index contributed by atoms with van der Waals surface area (Å²) < 4.78 is 24.1. The molecule has 1 fully saturated rings. The van der Waals surface area contributed by atoms with Crippen molar-refractivity contribution in [1.82, 2.24) is 5.32 Å². The first-order valence-corrected chi connectivity index (χ1v) is 6.01. The number of halogens is 1. The SMILES string of the molecule is CCOc1ccc(C(=O)C2CNCCO2)cc1F. The van der Waals surface area contributed by atoms with Crippen LogP contribution in [0.4, 0.5) is 4.39 Å². The highest BCUT2D eigenvalue weighted by molar-refractivity contribution is 5.99. The van der Waals surface area contributed by atoms with Crippen LogP contribution in [0.2, 0.25) is 0 Å². The van der Waals surface area contributed by atoms with E-state index in [0.717, 1.165) is 6.54 Å². The molecule has 0 aliphatic carbocycles. The normalized spacial score (nSPS) is 19.6. The topological polar surface area (TPSA) is 47.6 Å². The number of carbonyl (C=O) groups is 1. The second kappa shape index (κ2) is 5.93. The summed E-state index contributed by atoms with van der Waals surface area (Å²) in [7, 11) is 0. The number of rotatable bonds is 4. The number of ketones is 1. The second-order valence-corrected chi connectivity index (χ2v) is 4.01. The smallest absolute Gasteiger partial charge is 0.192 e. The van der Waals surface area contributed by atoms with Gasteiger partial charge in [0, 0.05) is 18.7 Å². The molecule has 0 radical (unpaired) electrons. The van der Waals surface area contributed by atoms with Crippen LogP contribution in [-0.2, 0) is 4.74 Å². The van der Waals surface area contributed by atoms with E-state index in [1.807, 2.05) is 0 Å². The fourth-order valence-electron chi connectivity index (χ4n) is 1.85. The fourth-order valence-corrected chi connectivity index (χ4v) is 1.85. The van der Waals surface area contributed by atoms with Crippen LogP contribution in [0.3, 0.4) is 0 Å². The van der Waals surface area contributed by atoms with Crippen molar-refractivity contribution in [3.63, 3.8) is 0 Å². The highest BCUT2D eigenvalue weighted by Crippen LogP contribution is 2.19. The van der Waals surface area contributed by atoms with Crippen molar-refractivity contribution in [3.05, 3.63) is 29.6 Å². The Morgan fingerprint density at radius 1 is 1.61 bits per heavy atom. The van der Waals surface area contributed by atoms with Crippen LogP contribution >= 0.6 is 0 Å². The lowest BCUT2D eigenvalue weighted by Gasteiger charge is -2.22. The van der Waals surface area contributed by atoms with Crippen LogP contribution in [-0.4, -0.2) is 38.2 Å². The van der Waals surface area contributed by atoms with Crippen LogP contribution in [0.1, 0.15) is 17.3 Å². The van der Waals surface area contributed by atoms with Gasteiger partial charge in [-0.2, -0.15) is 0 Å². The molecule has 1 atom stereocenters. The van der Waals surface area contributed by atoms with Crippen molar-refractivity contribution in [2.24, 2.45) is 0 Å². The molecule has 2 rings (SSSR count). The number of morpholine rings is 1. The summed E-state index contributed by atoms with van der Waals surface area (Å²) in [5.41, 5.74) is 0.310. The lowest BCUT2D eigenvalue weighted by Crippen LogP contribution is -2.43. The molecule has 1 aliphatic heterocycles. The zero-order valence-corrected chi connectivity index (χ0v) is 10.2. The van der Waals surface area contributed by atoms with Gasteiger partial charge in [0.25, 0.3) is 0 Å². The summed E-state index contributed by atoms with van der Waals surface area (Å²) in [6.07, 6.45) is -0.531. The molecule has 0 aromatic heterocycles. The molecule has 1 N–H and O–H groups in total. The Kier molecular flexibility index (Phi) is 4.28. The Labute approximate surface area is 105 Å². The van der Waals surface area contributed by atoms with Crippen LogP contribution in [0.15, 0.2) is 18.2 Å². The van der Waals surface area contributed by atoms with Gasteiger partial charge in [0.1, 0.15) is 6.10 Å². The summed E-state index contributed by atoms with van der Waals surface area (Å²) in [6.45, 7) is 3.87. The molecular formula is C13H16FNO3. The molecule has 1 aromatic carbocycles. The molecular weight excluding hydrogens is 237 g/mol.